The molecule has 1 aromatic heterocycles. The summed E-state index contributed by atoms with van der Waals surface area (Å²) in [5.41, 5.74) is 0.510. The molecule has 0 radical (unpaired) electrons. The smallest absolute Gasteiger partial charge is 0.387 e. The molecule has 1 heterocycles. The fraction of sp³-hybridized carbons (Fsp3) is 0.571. The van der Waals surface area contributed by atoms with Crippen LogP contribution in [0.5, 0.6) is 11.5 Å². The number of benzene rings is 1. The van der Waals surface area contributed by atoms with Crippen LogP contribution in [0.15, 0.2) is 27.7 Å². The number of ether oxygens (including phenoxy) is 2. The Hall–Kier alpha value is -2.18. The van der Waals surface area contributed by atoms with Crippen molar-refractivity contribution in [3.05, 3.63) is 35.5 Å². The number of aliphatic imine (C=N–C) groups is 1. The lowest BCUT2D eigenvalue weighted by Gasteiger charge is -2.15. The van der Waals surface area contributed by atoms with Gasteiger partial charge in [0.15, 0.2) is 23.3 Å². The van der Waals surface area contributed by atoms with Crippen LogP contribution in [0.2, 0.25) is 0 Å². The van der Waals surface area contributed by atoms with Crippen molar-refractivity contribution in [1.82, 2.24) is 20.8 Å². The van der Waals surface area contributed by atoms with E-state index in [2.05, 4.69) is 25.8 Å². The Morgan fingerprint density at radius 3 is 2.62 bits per heavy atom. The number of hydrogen-bond acceptors (Lipinski definition) is 6. The zero-order valence-corrected chi connectivity index (χ0v) is 21.2. The third kappa shape index (κ3) is 9.13. The van der Waals surface area contributed by atoms with Gasteiger partial charge in [-0.3, -0.25) is 0 Å². The molecule has 0 unspecified atom stereocenters. The second-order valence-corrected chi connectivity index (χ2v) is 6.98. The number of aryl methyl sites for hydroxylation is 1. The zero-order chi connectivity index (χ0) is 22.6. The van der Waals surface area contributed by atoms with E-state index in [1.54, 1.807) is 25.1 Å². The minimum absolute atomic E-state index is 0. The molecule has 0 aliphatic heterocycles. The van der Waals surface area contributed by atoms with Gasteiger partial charge in [0.25, 0.3) is 0 Å². The van der Waals surface area contributed by atoms with Gasteiger partial charge < -0.3 is 24.6 Å². The maximum atomic E-state index is 12.9. The van der Waals surface area contributed by atoms with Crippen molar-refractivity contribution in [2.24, 2.45) is 4.99 Å². The van der Waals surface area contributed by atoms with Crippen LogP contribution in [0.25, 0.3) is 0 Å². The number of aromatic nitrogens is 2. The molecule has 180 valence electrons. The molecule has 0 aliphatic carbocycles. The largest absolute Gasteiger partial charge is 0.490 e. The summed E-state index contributed by atoms with van der Waals surface area (Å²) in [5.74, 6) is 2.39. The number of nitrogens with zero attached hydrogens (tertiary/aromatic N) is 3. The Labute approximate surface area is 204 Å². The summed E-state index contributed by atoms with van der Waals surface area (Å²) < 4.78 is 41.1. The lowest BCUT2D eigenvalue weighted by molar-refractivity contribution is -0.0520. The Morgan fingerprint density at radius 2 is 2.00 bits per heavy atom. The Balaban J connectivity index is 0.00000512. The van der Waals surface area contributed by atoms with Gasteiger partial charge in [-0.25, -0.2) is 4.99 Å². The molecule has 0 saturated heterocycles. The molecule has 0 spiro atoms. The lowest BCUT2D eigenvalue weighted by Crippen LogP contribution is -2.37. The standard InChI is InChI=1S/C21H31F2N5O3.HI/c1-5-24-21(25-12-8-11-17-27-19(14(3)4)28-31-17)26-13-15-9-7-10-16(29-6-2)18(15)30-20(22)23;/h7,9-10,14,20H,5-6,8,11-13H2,1-4H3,(H2,24,25,26);1H. The molecule has 2 N–H and O–H groups in total. The Morgan fingerprint density at radius 1 is 1.22 bits per heavy atom. The van der Waals surface area contributed by atoms with Crippen LogP contribution in [0.1, 0.15) is 57.3 Å². The summed E-state index contributed by atoms with van der Waals surface area (Å²) >= 11 is 0. The predicted molar refractivity (Wildman–Crippen MR) is 129 cm³/mol. The first-order valence-corrected chi connectivity index (χ1v) is 10.5. The van der Waals surface area contributed by atoms with Crippen molar-refractivity contribution in [3.63, 3.8) is 0 Å². The monoisotopic (exact) mass is 567 g/mol. The number of guanidine groups is 1. The van der Waals surface area contributed by atoms with E-state index in [-0.39, 0.29) is 47.9 Å². The maximum absolute atomic E-state index is 12.9. The number of alkyl halides is 2. The zero-order valence-electron chi connectivity index (χ0n) is 18.9. The molecule has 0 saturated carbocycles. The predicted octanol–water partition coefficient (Wildman–Crippen LogP) is 4.50. The molecule has 1 aromatic carbocycles. The summed E-state index contributed by atoms with van der Waals surface area (Å²) in [7, 11) is 0. The van der Waals surface area contributed by atoms with E-state index in [9.17, 15) is 8.78 Å². The van der Waals surface area contributed by atoms with Gasteiger partial charge in [-0.1, -0.05) is 31.1 Å². The first-order valence-electron chi connectivity index (χ1n) is 10.5. The minimum atomic E-state index is -2.95. The number of nitrogens with one attached hydrogen (secondary N) is 2. The molecule has 0 amide bonds. The summed E-state index contributed by atoms with van der Waals surface area (Å²) in [5, 5.41) is 10.3. The van der Waals surface area contributed by atoms with Crippen LogP contribution in [-0.2, 0) is 13.0 Å². The third-order valence-corrected chi connectivity index (χ3v) is 4.18. The van der Waals surface area contributed by atoms with E-state index in [0.29, 0.717) is 49.4 Å². The highest BCUT2D eigenvalue weighted by Gasteiger charge is 2.16. The minimum Gasteiger partial charge on any atom is -0.490 e. The summed E-state index contributed by atoms with van der Waals surface area (Å²) in [4.78, 5) is 8.84. The van der Waals surface area contributed by atoms with E-state index in [1.165, 1.54) is 0 Å². The second kappa shape index (κ2) is 14.8. The van der Waals surface area contributed by atoms with Gasteiger partial charge in [0.05, 0.1) is 13.2 Å². The molecule has 0 bridgehead atoms. The summed E-state index contributed by atoms with van der Waals surface area (Å²) in [6.07, 6.45) is 1.42. The number of hydrogen-bond donors (Lipinski definition) is 2. The molecule has 0 atom stereocenters. The van der Waals surface area contributed by atoms with Crippen LogP contribution in [0.4, 0.5) is 8.78 Å². The van der Waals surface area contributed by atoms with Crippen molar-refractivity contribution in [3.8, 4) is 11.5 Å². The van der Waals surface area contributed by atoms with Crippen LogP contribution in [0.3, 0.4) is 0 Å². The highest BCUT2D eigenvalue weighted by atomic mass is 127. The van der Waals surface area contributed by atoms with Gasteiger partial charge in [-0.05, 0) is 26.3 Å². The van der Waals surface area contributed by atoms with Crippen LogP contribution in [0, 0.1) is 0 Å². The van der Waals surface area contributed by atoms with Gasteiger partial charge in [-0.15, -0.1) is 24.0 Å². The molecule has 8 nitrogen and oxygen atoms in total. The molecule has 0 aliphatic rings. The third-order valence-electron chi connectivity index (χ3n) is 4.18. The SMILES string of the molecule is CCNC(=NCc1cccc(OCC)c1OC(F)F)NCCCc1nc(C(C)C)no1.I. The second-order valence-electron chi connectivity index (χ2n) is 6.98. The van der Waals surface area contributed by atoms with E-state index < -0.39 is 6.61 Å². The first-order chi connectivity index (χ1) is 14.9. The fourth-order valence-corrected chi connectivity index (χ4v) is 2.73. The van der Waals surface area contributed by atoms with Crippen molar-refractivity contribution < 1.29 is 22.8 Å². The van der Waals surface area contributed by atoms with Crippen molar-refractivity contribution in [1.29, 1.82) is 0 Å². The quantitative estimate of drug-likeness (QED) is 0.169. The average molecular weight is 567 g/mol. The van der Waals surface area contributed by atoms with Gasteiger partial charge in [0.2, 0.25) is 5.89 Å². The molecular formula is C21H32F2IN5O3. The highest BCUT2D eigenvalue weighted by molar-refractivity contribution is 14.0. The number of para-hydroxylation sites is 1. The van der Waals surface area contributed by atoms with Crippen LogP contribution >= 0.6 is 24.0 Å². The van der Waals surface area contributed by atoms with E-state index in [1.807, 2.05) is 20.8 Å². The van der Waals surface area contributed by atoms with Gasteiger partial charge >= 0.3 is 6.61 Å². The van der Waals surface area contributed by atoms with Gasteiger partial charge in [0, 0.05) is 31.0 Å². The highest BCUT2D eigenvalue weighted by Crippen LogP contribution is 2.33. The molecular weight excluding hydrogens is 535 g/mol. The molecule has 2 aromatic rings. The number of rotatable bonds is 12. The first kappa shape index (κ1) is 27.9. The Bertz CT molecular complexity index is 834. The van der Waals surface area contributed by atoms with Crippen LogP contribution < -0.4 is 20.1 Å². The van der Waals surface area contributed by atoms with E-state index in [4.69, 9.17) is 14.0 Å². The molecule has 0 fully saturated rings. The normalized spacial score (nSPS) is 11.4. The van der Waals surface area contributed by atoms with Crippen molar-refractivity contribution >= 4 is 29.9 Å². The van der Waals surface area contributed by atoms with E-state index in [0.717, 1.165) is 6.42 Å². The topological polar surface area (TPSA) is 93.8 Å². The average Bonchev–Trinajstić information content (AvgIpc) is 3.20. The molecule has 2 rings (SSSR count). The van der Waals surface area contributed by atoms with Crippen LogP contribution in [-0.4, -0.2) is 42.4 Å². The lowest BCUT2D eigenvalue weighted by atomic mass is 10.2. The molecule has 32 heavy (non-hydrogen) atoms. The fourth-order valence-electron chi connectivity index (χ4n) is 2.73. The van der Waals surface area contributed by atoms with Crippen molar-refractivity contribution in [2.45, 2.75) is 59.6 Å². The van der Waals surface area contributed by atoms with Gasteiger partial charge in [-0.2, -0.15) is 13.8 Å². The summed E-state index contributed by atoms with van der Waals surface area (Å²) in [6, 6.07) is 5.01. The van der Waals surface area contributed by atoms with E-state index >= 15 is 0 Å². The van der Waals surface area contributed by atoms with Crippen molar-refractivity contribution in [2.75, 3.05) is 19.7 Å². The summed E-state index contributed by atoms with van der Waals surface area (Å²) in [6.45, 7) is 6.59. The Kier molecular flexibility index (Phi) is 12.9. The number of halogens is 3. The van der Waals surface area contributed by atoms with Gasteiger partial charge in [0.1, 0.15) is 0 Å². The maximum Gasteiger partial charge on any atom is 0.387 e. The molecule has 11 heteroatoms.